The quantitative estimate of drug-likeness (QED) is 0.502. The first-order chi connectivity index (χ1) is 16.5. The predicted molar refractivity (Wildman–Crippen MR) is 131 cm³/mol. The molecule has 1 saturated carbocycles. The number of halogens is 1. The zero-order valence-corrected chi connectivity index (χ0v) is 19.2. The molecule has 2 aromatic carbocycles. The molecular formula is C28H30FN3O2. The topological polar surface area (TPSA) is 65.5 Å². The number of carboxylic acid groups (broad SMARTS) is 1. The van der Waals surface area contributed by atoms with Crippen LogP contribution >= 0.6 is 0 Å². The standard InChI is InChI=1S/C28H30FN3O2/c29-22-11-9-20(10-12-22)18-28(19-30-25-17-23(25)21-5-2-1-3-6-21)13-15-32(16-14-28)26-8-4-7-24(31-26)27(33)34/h1-12,23,25,30H,13-19H2,(H,33,34)/t23-,25+/m0/s1. The highest BCUT2D eigenvalue weighted by atomic mass is 19.1. The van der Waals surface area contributed by atoms with E-state index in [-0.39, 0.29) is 16.9 Å². The Morgan fingerprint density at radius 2 is 1.76 bits per heavy atom. The van der Waals surface area contributed by atoms with Gasteiger partial charge in [-0.3, -0.25) is 0 Å². The van der Waals surface area contributed by atoms with Crippen molar-refractivity contribution in [2.45, 2.75) is 37.6 Å². The number of piperidine rings is 1. The Morgan fingerprint density at radius 1 is 1.03 bits per heavy atom. The Kier molecular flexibility index (Phi) is 6.33. The molecule has 6 heteroatoms. The number of nitrogens with zero attached hydrogens (tertiary/aromatic N) is 2. The monoisotopic (exact) mass is 459 g/mol. The first kappa shape index (κ1) is 22.5. The van der Waals surface area contributed by atoms with E-state index in [2.05, 4.69) is 45.5 Å². The summed E-state index contributed by atoms with van der Waals surface area (Å²) in [5.41, 5.74) is 2.68. The number of rotatable bonds is 8. The Bertz CT molecular complexity index is 1130. The maximum absolute atomic E-state index is 13.5. The average molecular weight is 460 g/mol. The second-order valence-electron chi connectivity index (χ2n) is 9.72. The summed E-state index contributed by atoms with van der Waals surface area (Å²) in [6, 6.07) is 23.2. The van der Waals surface area contributed by atoms with E-state index in [1.54, 1.807) is 18.2 Å². The molecular weight excluding hydrogens is 429 g/mol. The lowest BCUT2D eigenvalue weighted by molar-refractivity contribution is 0.0690. The summed E-state index contributed by atoms with van der Waals surface area (Å²) in [5, 5.41) is 13.1. The van der Waals surface area contributed by atoms with Gasteiger partial charge in [-0.25, -0.2) is 14.2 Å². The van der Waals surface area contributed by atoms with Crippen molar-refractivity contribution in [1.29, 1.82) is 0 Å². The molecule has 2 aliphatic rings. The van der Waals surface area contributed by atoms with Crippen LogP contribution in [-0.2, 0) is 6.42 Å². The maximum Gasteiger partial charge on any atom is 0.354 e. The van der Waals surface area contributed by atoms with Crippen molar-refractivity contribution in [3.8, 4) is 0 Å². The van der Waals surface area contributed by atoms with Crippen molar-refractivity contribution in [2.24, 2.45) is 5.41 Å². The summed E-state index contributed by atoms with van der Waals surface area (Å²) < 4.78 is 13.5. The molecule has 1 saturated heterocycles. The molecule has 0 bridgehead atoms. The van der Waals surface area contributed by atoms with Crippen molar-refractivity contribution in [3.63, 3.8) is 0 Å². The van der Waals surface area contributed by atoms with E-state index >= 15 is 0 Å². The fourth-order valence-electron chi connectivity index (χ4n) is 5.22. The SMILES string of the molecule is O=C(O)c1cccc(N2CCC(CN[C@@H]3C[C@H]3c3ccccc3)(Cc3ccc(F)cc3)CC2)n1. The van der Waals surface area contributed by atoms with Crippen molar-refractivity contribution in [3.05, 3.63) is 95.4 Å². The van der Waals surface area contributed by atoms with Crippen molar-refractivity contribution >= 4 is 11.8 Å². The van der Waals surface area contributed by atoms with Crippen LogP contribution in [0.4, 0.5) is 10.2 Å². The highest BCUT2D eigenvalue weighted by molar-refractivity contribution is 5.85. The Balaban J connectivity index is 1.28. The van der Waals surface area contributed by atoms with Gasteiger partial charge in [-0.2, -0.15) is 0 Å². The number of aromatic nitrogens is 1. The molecule has 5 rings (SSSR count). The summed E-state index contributed by atoms with van der Waals surface area (Å²) in [4.78, 5) is 17.8. The largest absolute Gasteiger partial charge is 0.477 e. The minimum Gasteiger partial charge on any atom is -0.477 e. The van der Waals surface area contributed by atoms with Crippen molar-refractivity contribution in [2.75, 3.05) is 24.5 Å². The highest BCUT2D eigenvalue weighted by Gasteiger charge is 2.41. The summed E-state index contributed by atoms with van der Waals surface area (Å²) in [7, 11) is 0. The molecule has 3 aromatic rings. The van der Waals surface area contributed by atoms with Crippen LogP contribution in [0.2, 0.25) is 0 Å². The minimum atomic E-state index is -1.01. The zero-order chi connectivity index (χ0) is 23.5. The first-order valence-corrected chi connectivity index (χ1v) is 12.0. The lowest BCUT2D eigenvalue weighted by atomic mass is 9.73. The molecule has 1 aromatic heterocycles. The lowest BCUT2D eigenvalue weighted by Gasteiger charge is -2.43. The molecule has 34 heavy (non-hydrogen) atoms. The molecule has 0 unspecified atom stereocenters. The van der Waals surface area contributed by atoms with E-state index in [1.165, 1.54) is 11.6 Å². The fourth-order valence-corrected chi connectivity index (χ4v) is 5.22. The normalized spacial score (nSPS) is 21.3. The number of carboxylic acids is 1. The second kappa shape index (κ2) is 9.55. The second-order valence-corrected chi connectivity index (χ2v) is 9.72. The summed E-state index contributed by atoms with van der Waals surface area (Å²) >= 11 is 0. The number of carbonyl (C=O) groups is 1. The summed E-state index contributed by atoms with van der Waals surface area (Å²) in [6.45, 7) is 2.53. The smallest absolute Gasteiger partial charge is 0.354 e. The van der Waals surface area contributed by atoms with Crippen LogP contribution in [0.15, 0.2) is 72.8 Å². The van der Waals surface area contributed by atoms with Gasteiger partial charge in [0.2, 0.25) is 0 Å². The molecule has 2 fully saturated rings. The molecule has 2 heterocycles. The number of hydrogen-bond donors (Lipinski definition) is 2. The van der Waals surface area contributed by atoms with Crippen molar-refractivity contribution < 1.29 is 14.3 Å². The third kappa shape index (κ3) is 5.12. The van der Waals surface area contributed by atoms with E-state index in [4.69, 9.17) is 0 Å². The number of pyridine rings is 1. The van der Waals surface area contributed by atoms with Gasteiger partial charge >= 0.3 is 5.97 Å². The average Bonchev–Trinajstić information content (AvgIpc) is 3.65. The van der Waals surface area contributed by atoms with E-state index < -0.39 is 5.97 Å². The molecule has 2 N–H and O–H groups in total. The number of benzene rings is 2. The van der Waals surface area contributed by atoms with E-state index in [9.17, 15) is 14.3 Å². The third-order valence-corrected chi connectivity index (χ3v) is 7.35. The van der Waals surface area contributed by atoms with Gasteiger partial charge in [0.05, 0.1) is 0 Å². The van der Waals surface area contributed by atoms with E-state index in [1.807, 2.05) is 18.2 Å². The van der Waals surface area contributed by atoms with Crippen LogP contribution in [0.1, 0.15) is 46.8 Å². The first-order valence-electron chi connectivity index (χ1n) is 12.0. The van der Waals surface area contributed by atoms with Gasteiger partial charge in [-0.05, 0) is 66.5 Å². The van der Waals surface area contributed by atoms with Crippen molar-refractivity contribution in [1.82, 2.24) is 10.3 Å². The van der Waals surface area contributed by atoms with Crippen LogP contribution in [-0.4, -0.2) is 41.7 Å². The van der Waals surface area contributed by atoms with Gasteiger partial charge in [0.1, 0.15) is 11.6 Å². The van der Waals surface area contributed by atoms with Gasteiger partial charge in [-0.1, -0.05) is 48.5 Å². The van der Waals surface area contributed by atoms with Gasteiger partial charge in [0.15, 0.2) is 5.69 Å². The van der Waals surface area contributed by atoms with Crippen LogP contribution < -0.4 is 10.2 Å². The highest BCUT2D eigenvalue weighted by Crippen LogP contribution is 2.42. The van der Waals surface area contributed by atoms with Crippen LogP contribution in [0.5, 0.6) is 0 Å². The molecule has 0 radical (unpaired) electrons. The Labute approximate surface area is 199 Å². The predicted octanol–water partition coefficient (Wildman–Crippen LogP) is 4.89. The number of nitrogens with one attached hydrogen (secondary N) is 1. The van der Waals surface area contributed by atoms with Gasteiger partial charge < -0.3 is 15.3 Å². The summed E-state index contributed by atoms with van der Waals surface area (Å²) in [5.74, 6) is 0.0756. The Morgan fingerprint density at radius 3 is 2.47 bits per heavy atom. The zero-order valence-electron chi connectivity index (χ0n) is 19.2. The van der Waals surface area contributed by atoms with E-state index in [0.29, 0.717) is 12.0 Å². The molecule has 5 nitrogen and oxygen atoms in total. The maximum atomic E-state index is 13.5. The molecule has 0 spiro atoms. The van der Waals surface area contributed by atoms with Gasteiger partial charge in [0, 0.05) is 31.6 Å². The molecule has 1 aliphatic heterocycles. The minimum absolute atomic E-state index is 0.0581. The van der Waals surface area contributed by atoms with Gasteiger partial charge in [0.25, 0.3) is 0 Å². The fraction of sp³-hybridized carbons (Fsp3) is 0.357. The summed E-state index contributed by atoms with van der Waals surface area (Å²) in [6.07, 6.45) is 3.96. The van der Waals surface area contributed by atoms with Crippen LogP contribution in [0, 0.1) is 11.2 Å². The van der Waals surface area contributed by atoms with E-state index in [0.717, 1.165) is 56.7 Å². The molecule has 176 valence electrons. The van der Waals surface area contributed by atoms with Crippen LogP contribution in [0.3, 0.4) is 0 Å². The molecule has 0 amide bonds. The van der Waals surface area contributed by atoms with Gasteiger partial charge in [-0.15, -0.1) is 0 Å². The number of hydrogen-bond acceptors (Lipinski definition) is 4. The Hall–Kier alpha value is -3.25. The lowest BCUT2D eigenvalue weighted by Crippen LogP contribution is -2.47. The number of aromatic carboxylic acids is 1. The molecule has 2 atom stereocenters. The third-order valence-electron chi connectivity index (χ3n) is 7.35. The van der Waals surface area contributed by atoms with Crippen LogP contribution in [0.25, 0.3) is 0 Å². The molecule has 1 aliphatic carbocycles. The number of anilines is 1.